The Bertz CT molecular complexity index is 282. The molecule has 1 heterocycles. The van der Waals surface area contributed by atoms with Crippen molar-refractivity contribution in [2.24, 2.45) is 0 Å². The van der Waals surface area contributed by atoms with Crippen LogP contribution < -0.4 is 0 Å². The molecule has 0 nitrogen and oxygen atoms in total. The third-order valence-corrected chi connectivity index (χ3v) is 1.96. The van der Waals surface area contributed by atoms with Gasteiger partial charge in [-0.2, -0.15) is 0 Å². The van der Waals surface area contributed by atoms with E-state index in [-0.39, 0.29) is 0 Å². The molecule has 0 saturated carbocycles. The molecule has 58 valence electrons. The average molecular weight is 154 g/mol. The van der Waals surface area contributed by atoms with Gasteiger partial charge in [-0.3, -0.25) is 0 Å². The standard InChI is InChI=1S/C9H13B3/c1-3-5-7-8(6-4-2)12-9(10)11-7/h3-6,11H,10H2,1-2H3/b5-3-,6-4-. The second kappa shape index (κ2) is 4.35. The topological polar surface area (TPSA) is 0 Å². The van der Waals surface area contributed by atoms with Crippen LogP contribution in [0, 0.1) is 0 Å². The van der Waals surface area contributed by atoms with Crippen molar-refractivity contribution in [1.29, 1.82) is 0 Å². The van der Waals surface area contributed by atoms with E-state index >= 15 is 0 Å². The zero-order valence-electron chi connectivity index (χ0n) is 8.09. The van der Waals surface area contributed by atoms with E-state index in [9.17, 15) is 0 Å². The molecule has 0 aromatic carbocycles. The summed E-state index contributed by atoms with van der Waals surface area (Å²) in [5.74, 6) is 0. The number of hydrogen-bond donors (Lipinski definition) is 0. The van der Waals surface area contributed by atoms with Crippen molar-refractivity contribution in [2.75, 3.05) is 0 Å². The predicted molar refractivity (Wildman–Crippen MR) is 63.1 cm³/mol. The van der Waals surface area contributed by atoms with Crippen molar-refractivity contribution < 1.29 is 0 Å². The van der Waals surface area contributed by atoms with Gasteiger partial charge in [0.15, 0.2) is 0 Å². The molecule has 0 amide bonds. The average Bonchev–Trinajstić information content (AvgIpc) is 2.33. The van der Waals surface area contributed by atoms with Crippen molar-refractivity contribution in [3.8, 4) is 0 Å². The van der Waals surface area contributed by atoms with Crippen molar-refractivity contribution in [2.45, 2.75) is 13.8 Å². The molecule has 0 saturated heterocycles. The summed E-state index contributed by atoms with van der Waals surface area (Å²) in [6.45, 7) is 6.38. The zero-order chi connectivity index (χ0) is 8.97. The Morgan fingerprint density at radius 3 is 2.50 bits per heavy atom. The molecule has 1 rings (SSSR count). The molecule has 0 fully saturated rings. The summed E-state index contributed by atoms with van der Waals surface area (Å²) in [5.41, 5.74) is 2.81. The molecule has 0 radical (unpaired) electrons. The van der Waals surface area contributed by atoms with Crippen molar-refractivity contribution >= 4 is 27.3 Å². The molecule has 1 aliphatic heterocycles. The molecule has 0 N–H and O–H groups in total. The summed E-state index contributed by atoms with van der Waals surface area (Å²) in [4.78, 5) is 0. The third kappa shape index (κ3) is 2.13. The summed E-state index contributed by atoms with van der Waals surface area (Å²) < 4.78 is 0. The van der Waals surface area contributed by atoms with E-state index in [1.165, 1.54) is 16.2 Å². The maximum absolute atomic E-state index is 2.26. The van der Waals surface area contributed by atoms with Crippen LogP contribution in [-0.2, 0) is 0 Å². The Morgan fingerprint density at radius 1 is 1.25 bits per heavy atom. The minimum absolute atomic E-state index is 1.12. The first kappa shape index (κ1) is 9.37. The SMILES string of the molecule is BC1=BC(/C=C\C)=C(/C=C\C)B1. The second-order valence-electron chi connectivity index (χ2n) is 3.15. The Hall–Kier alpha value is -0.715. The monoisotopic (exact) mass is 154 g/mol. The Balaban J connectivity index is 2.90. The van der Waals surface area contributed by atoms with E-state index < -0.39 is 0 Å². The Morgan fingerprint density at radius 2 is 1.92 bits per heavy atom. The third-order valence-electron chi connectivity index (χ3n) is 1.96. The van der Waals surface area contributed by atoms with E-state index in [1.54, 1.807) is 0 Å². The first-order chi connectivity index (χ1) is 5.77. The van der Waals surface area contributed by atoms with Gasteiger partial charge in [0.05, 0.1) is 0 Å². The van der Waals surface area contributed by atoms with E-state index in [4.69, 9.17) is 0 Å². The van der Waals surface area contributed by atoms with Gasteiger partial charge in [0, 0.05) is 0 Å². The molecule has 0 aliphatic carbocycles. The number of rotatable bonds is 2. The predicted octanol–water partition coefficient (Wildman–Crippen LogP) is 0.225. The summed E-state index contributed by atoms with van der Waals surface area (Å²) in [5, 5.41) is 1.45. The van der Waals surface area contributed by atoms with E-state index in [2.05, 4.69) is 52.9 Å². The van der Waals surface area contributed by atoms with Crippen LogP contribution in [0.1, 0.15) is 13.8 Å². The van der Waals surface area contributed by atoms with Crippen LogP contribution in [0.5, 0.6) is 0 Å². The van der Waals surface area contributed by atoms with Gasteiger partial charge in [-0.1, -0.05) is 0 Å². The molecule has 1 aliphatic rings. The first-order valence-corrected chi connectivity index (χ1v) is 4.43. The molecular weight excluding hydrogens is 141 g/mol. The van der Waals surface area contributed by atoms with Gasteiger partial charge in [-0.25, -0.2) is 0 Å². The molecular formula is C9H13B3. The van der Waals surface area contributed by atoms with Crippen LogP contribution in [0.4, 0.5) is 0 Å². The van der Waals surface area contributed by atoms with Gasteiger partial charge in [0.2, 0.25) is 0 Å². The van der Waals surface area contributed by atoms with Crippen LogP contribution in [0.2, 0.25) is 0 Å². The quantitative estimate of drug-likeness (QED) is 0.499. The molecule has 0 spiro atoms. The van der Waals surface area contributed by atoms with E-state index in [1.807, 2.05) is 0 Å². The van der Waals surface area contributed by atoms with E-state index in [0.29, 0.717) is 0 Å². The molecule has 3 heteroatoms. The fourth-order valence-electron chi connectivity index (χ4n) is 1.50. The molecule has 12 heavy (non-hydrogen) atoms. The summed E-state index contributed by atoms with van der Waals surface area (Å²) in [7, 11) is 3.30. The molecule has 0 aromatic rings. The molecule has 0 aromatic heterocycles. The van der Waals surface area contributed by atoms with Crippen LogP contribution in [0.15, 0.2) is 35.2 Å². The maximum atomic E-state index is 2.26. The van der Waals surface area contributed by atoms with Gasteiger partial charge in [-0.15, -0.1) is 0 Å². The second-order valence-corrected chi connectivity index (χ2v) is 3.15. The van der Waals surface area contributed by atoms with E-state index in [0.717, 1.165) is 7.28 Å². The zero-order valence-corrected chi connectivity index (χ0v) is 8.09. The van der Waals surface area contributed by atoms with Crippen LogP contribution in [-0.4, -0.2) is 27.3 Å². The van der Waals surface area contributed by atoms with Gasteiger partial charge in [0.1, 0.15) is 0 Å². The molecule has 0 unspecified atom stereocenters. The molecule has 0 bridgehead atoms. The van der Waals surface area contributed by atoms with Gasteiger partial charge >= 0.3 is 76.4 Å². The Labute approximate surface area is 77.0 Å². The summed E-state index contributed by atoms with van der Waals surface area (Å²) in [6, 6.07) is 0. The fourth-order valence-corrected chi connectivity index (χ4v) is 1.50. The minimum atomic E-state index is 1.12. The number of allylic oxidation sites excluding steroid dienone is 6. The van der Waals surface area contributed by atoms with Gasteiger partial charge < -0.3 is 0 Å². The van der Waals surface area contributed by atoms with Gasteiger partial charge in [-0.05, 0) is 0 Å². The fraction of sp³-hybridized carbons (Fsp3) is 0.222. The number of hydrogen-bond acceptors (Lipinski definition) is 0. The molecule has 0 atom stereocenters. The van der Waals surface area contributed by atoms with Crippen molar-refractivity contribution in [3.05, 3.63) is 35.2 Å². The Kier molecular flexibility index (Phi) is 3.39. The first-order valence-electron chi connectivity index (χ1n) is 4.43. The van der Waals surface area contributed by atoms with Crippen LogP contribution >= 0.6 is 0 Å². The van der Waals surface area contributed by atoms with Crippen molar-refractivity contribution in [1.82, 2.24) is 0 Å². The van der Waals surface area contributed by atoms with Crippen molar-refractivity contribution in [3.63, 3.8) is 0 Å². The normalized spacial score (nSPS) is 17.0. The summed E-state index contributed by atoms with van der Waals surface area (Å²) >= 11 is 0. The van der Waals surface area contributed by atoms with Gasteiger partial charge in [0.25, 0.3) is 0 Å². The van der Waals surface area contributed by atoms with Crippen LogP contribution in [0.3, 0.4) is 0 Å². The van der Waals surface area contributed by atoms with Crippen LogP contribution in [0.25, 0.3) is 0 Å². The summed E-state index contributed by atoms with van der Waals surface area (Å²) in [6.07, 6.45) is 8.56.